The molecule has 132 valence electrons. The van der Waals surface area contributed by atoms with Gasteiger partial charge in [0.1, 0.15) is 11.3 Å². The van der Waals surface area contributed by atoms with Crippen LogP contribution in [0.25, 0.3) is 5.65 Å². The van der Waals surface area contributed by atoms with Crippen molar-refractivity contribution in [3.63, 3.8) is 0 Å². The zero-order chi connectivity index (χ0) is 18.1. The van der Waals surface area contributed by atoms with Crippen molar-refractivity contribution in [1.82, 2.24) is 29.7 Å². The second kappa shape index (κ2) is 6.58. The molecule has 1 N–H and O–H groups in total. The van der Waals surface area contributed by atoms with Gasteiger partial charge in [0.15, 0.2) is 5.65 Å². The van der Waals surface area contributed by atoms with Crippen molar-refractivity contribution < 1.29 is 13.6 Å². The molecule has 0 unspecified atom stereocenters. The Hall–Kier alpha value is -2.84. The Kier molecular flexibility index (Phi) is 4.47. The van der Waals surface area contributed by atoms with Crippen LogP contribution in [0.15, 0.2) is 18.5 Å². The highest BCUT2D eigenvalue weighted by Gasteiger charge is 2.20. The van der Waals surface area contributed by atoms with Crippen LogP contribution in [-0.2, 0) is 13.1 Å². The Morgan fingerprint density at radius 2 is 2.12 bits per heavy atom. The molecule has 0 aliphatic rings. The molecule has 3 rings (SSSR count). The van der Waals surface area contributed by atoms with Gasteiger partial charge in [-0.15, -0.1) is 0 Å². The van der Waals surface area contributed by atoms with Gasteiger partial charge in [-0.2, -0.15) is 10.2 Å². The third-order valence-electron chi connectivity index (χ3n) is 3.91. The number of alkyl halides is 2. The quantitative estimate of drug-likeness (QED) is 0.768. The van der Waals surface area contributed by atoms with Crippen molar-refractivity contribution in [2.75, 3.05) is 0 Å². The lowest BCUT2D eigenvalue weighted by Crippen LogP contribution is -2.23. The Bertz CT molecular complexity index is 930. The fraction of sp³-hybridized carbons (Fsp3) is 0.375. The molecule has 3 aromatic heterocycles. The molecule has 0 fully saturated rings. The zero-order valence-corrected chi connectivity index (χ0v) is 14.1. The van der Waals surface area contributed by atoms with E-state index in [-0.39, 0.29) is 23.4 Å². The summed E-state index contributed by atoms with van der Waals surface area (Å²) in [6.45, 7) is 6.46. The second-order valence-corrected chi connectivity index (χ2v) is 5.69. The molecule has 3 heterocycles. The molecule has 7 nitrogen and oxygen atoms in total. The molecule has 0 saturated heterocycles. The summed E-state index contributed by atoms with van der Waals surface area (Å²) in [7, 11) is 0. The van der Waals surface area contributed by atoms with E-state index in [0.29, 0.717) is 5.69 Å². The first-order chi connectivity index (χ1) is 11.9. The summed E-state index contributed by atoms with van der Waals surface area (Å²) in [5, 5.41) is 11.0. The first kappa shape index (κ1) is 17.0. The van der Waals surface area contributed by atoms with Crippen LogP contribution in [0.2, 0.25) is 0 Å². The molecule has 0 aliphatic heterocycles. The van der Waals surface area contributed by atoms with Crippen LogP contribution >= 0.6 is 0 Å². The molecule has 0 saturated carbocycles. The summed E-state index contributed by atoms with van der Waals surface area (Å²) in [4.78, 5) is 16.6. The summed E-state index contributed by atoms with van der Waals surface area (Å²) < 4.78 is 29.1. The van der Waals surface area contributed by atoms with Gasteiger partial charge in [-0.1, -0.05) is 0 Å². The van der Waals surface area contributed by atoms with Crippen LogP contribution in [0.3, 0.4) is 0 Å². The maximum absolute atomic E-state index is 13.1. The summed E-state index contributed by atoms with van der Waals surface area (Å²) in [5.41, 5.74) is 2.11. The van der Waals surface area contributed by atoms with Crippen molar-refractivity contribution in [3.8, 4) is 0 Å². The number of carbonyl (C=O) groups is 1. The molecule has 3 aromatic rings. The number of fused-ring (bicyclic) bond motifs is 1. The lowest BCUT2D eigenvalue weighted by molar-refractivity contribution is 0.0952. The smallest absolute Gasteiger partial charge is 0.280 e. The van der Waals surface area contributed by atoms with Gasteiger partial charge in [-0.25, -0.2) is 18.3 Å². The number of amides is 1. The Balaban J connectivity index is 1.86. The maximum atomic E-state index is 13.1. The van der Waals surface area contributed by atoms with Gasteiger partial charge < -0.3 is 5.32 Å². The monoisotopic (exact) mass is 348 g/mol. The normalized spacial score (nSPS) is 11.4. The Morgan fingerprint density at radius 1 is 1.36 bits per heavy atom. The lowest BCUT2D eigenvalue weighted by Gasteiger charge is -2.06. The van der Waals surface area contributed by atoms with E-state index in [2.05, 4.69) is 20.5 Å². The molecular formula is C16H18F2N6O. The third-order valence-corrected chi connectivity index (χ3v) is 3.91. The molecular weight excluding hydrogens is 330 g/mol. The first-order valence-corrected chi connectivity index (χ1v) is 7.85. The van der Waals surface area contributed by atoms with E-state index >= 15 is 0 Å². The molecule has 0 spiro atoms. The second-order valence-electron chi connectivity index (χ2n) is 5.69. The lowest BCUT2D eigenvalue weighted by atomic mass is 10.2. The van der Waals surface area contributed by atoms with Crippen molar-refractivity contribution in [2.45, 2.75) is 40.3 Å². The van der Waals surface area contributed by atoms with Gasteiger partial charge in [-0.05, 0) is 26.8 Å². The van der Waals surface area contributed by atoms with E-state index in [1.165, 1.54) is 12.3 Å². The van der Waals surface area contributed by atoms with Gasteiger partial charge in [-0.3, -0.25) is 9.48 Å². The van der Waals surface area contributed by atoms with Crippen LogP contribution in [-0.4, -0.2) is 30.3 Å². The molecule has 0 radical (unpaired) electrons. The number of nitrogens with one attached hydrogen (secondary N) is 1. The average molecular weight is 348 g/mol. The summed E-state index contributed by atoms with van der Waals surface area (Å²) in [6, 6.07) is 1.26. The number of carbonyl (C=O) groups excluding carboxylic acids is 1. The highest BCUT2D eigenvalue weighted by Crippen LogP contribution is 2.21. The predicted octanol–water partition coefficient (Wildman–Crippen LogP) is 2.43. The average Bonchev–Trinajstić information content (AvgIpc) is 3.15. The minimum Gasteiger partial charge on any atom is -0.348 e. The summed E-state index contributed by atoms with van der Waals surface area (Å²) in [5.74, 6) is -0.419. The van der Waals surface area contributed by atoms with Gasteiger partial charge in [0.2, 0.25) is 0 Å². The largest absolute Gasteiger partial charge is 0.348 e. The molecule has 25 heavy (non-hydrogen) atoms. The molecule has 0 bridgehead atoms. The van der Waals surface area contributed by atoms with E-state index in [9.17, 15) is 13.6 Å². The Labute approximate surface area is 142 Å². The van der Waals surface area contributed by atoms with E-state index in [0.717, 1.165) is 22.3 Å². The van der Waals surface area contributed by atoms with Crippen LogP contribution in [0.5, 0.6) is 0 Å². The van der Waals surface area contributed by atoms with Crippen LogP contribution < -0.4 is 5.32 Å². The number of nitrogens with zero attached hydrogens (tertiary/aromatic N) is 5. The number of rotatable bonds is 5. The summed E-state index contributed by atoms with van der Waals surface area (Å²) >= 11 is 0. The topological polar surface area (TPSA) is 77.1 Å². The van der Waals surface area contributed by atoms with Crippen LogP contribution in [0, 0.1) is 13.8 Å². The fourth-order valence-electron chi connectivity index (χ4n) is 2.59. The Morgan fingerprint density at radius 3 is 2.76 bits per heavy atom. The fourth-order valence-corrected chi connectivity index (χ4v) is 2.59. The molecule has 0 aliphatic carbocycles. The van der Waals surface area contributed by atoms with Crippen molar-refractivity contribution in [1.29, 1.82) is 0 Å². The van der Waals surface area contributed by atoms with Gasteiger partial charge in [0, 0.05) is 30.5 Å². The van der Waals surface area contributed by atoms with Gasteiger partial charge >= 0.3 is 0 Å². The highest BCUT2D eigenvalue weighted by molar-refractivity contribution is 5.99. The zero-order valence-electron chi connectivity index (χ0n) is 14.1. The van der Waals surface area contributed by atoms with E-state index in [4.69, 9.17) is 0 Å². The number of hydrogen-bond donors (Lipinski definition) is 1. The van der Waals surface area contributed by atoms with Gasteiger partial charge in [0.05, 0.1) is 11.9 Å². The SMILES string of the molecule is CCn1cc(CNC(=O)c2cnn3c(C(F)F)cc(C)nc23)c(C)n1. The van der Waals surface area contributed by atoms with Crippen molar-refractivity contribution >= 4 is 11.6 Å². The predicted molar refractivity (Wildman–Crippen MR) is 86.5 cm³/mol. The number of hydrogen-bond acceptors (Lipinski definition) is 4. The van der Waals surface area contributed by atoms with E-state index in [1.807, 2.05) is 20.0 Å². The van der Waals surface area contributed by atoms with Gasteiger partial charge in [0.25, 0.3) is 12.3 Å². The van der Waals surface area contributed by atoms with Crippen molar-refractivity contribution in [2.24, 2.45) is 0 Å². The molecule has 0 aromatic carbocycles. The summed E-state index contributed by atoms with van der Waals surface area (Å²) in [6.07, 6.45) is 0.413. The number of halogens is 2. The standard InChI is InChI=1S/C16H18F2N6O/c1-4-23-8-11(10(3)22-23)6-19-16(25)12-7-20-24-13(14(17)18)5-9(2)21-15(12)24/h5,7-8,14H,4,6H2,1-3H3,(H,19,25). The molecule has 1 amide bonds. The van der Waals surface area contributed by atoms with Crippen LogP contribution in [0.1, 0.15) is 46.4 Å². The van der Waals surface area contributed by atoms with Crippen molar-refractivity contribution in [3.05, 3.63) is 46.7 Å². The van der Waals surface area contributed by atoms with E-state index < -0.39 is 12.3 Å². The van der Waals surface area contributed by atoms with Crippen LogP contribution in [0.4, 0.5) is 8.78 Å². The maximum Gasteiger partial charge on any atom is 0.280 e. The highest BCUT2D eigenvalue weighted by atomic mass is 19.3. The number of aryl methyl sites for hydroxylation is 3. The molecule has 0 atom stereocenters. The van der Waals surface area contributed by atoms with E-state index in [1.54, 1.807) is 11.6 Å². The first-order valence-electron chi connectivity index (χ1n) is 7.85. The molecule has 9 heteroatoms. The third kappa shape index (κ3) is 3.21. The number of aromatic nitrogens is 5. The minimum atomic E-state index is -2.71. The minimum absolute atomic E-state index is 0.119.